The lowest BCUT2D eigenvalue weighted by Gasteiger charge is -2.15. The van der Waals surface area contributed by atoms with Crippen LogP contribution >= 0.6 is 0 Å². The van der Waals surface area contributed by atoms with Crippen molar-refractivity contribution in [3.05, 3.63) is 65.2 Å². The maximum Gasteiger partial charge on any atom is 0.338 e. The number of sulfonamides is 1. The minimum atomic E-state index is -3.57. The summed E-state index contributed by atoms with van der Waals surface area (Å²) in [5.74, 6) is -1.12. The number of hydrogen-bond acceptors (Lipinski definition) is 5. The van der Waals surface area contributed by atoms with Gasteiger partial charge in [0.25, 0.3) is 5.91 Å². The normalized spacial score (nSPS) is 12.4. The molecule has 0 spiro atoms. The third-order valence-corrected chi connectivity index (χ3v) is 6.30. The van der Waals surface area contributed by atoms with Crippen molar-refractivity contribution in [2.24, 2.45) is 0 Å². The van der Waals surface area contributed by atoms with Gasteiger partial charge in [0.2, 0.25) is 10.0 Å². The van der Waals surface area contributed by atoms with Gasteiger partial charge in [0.05, 0.1) is 16.5 Å². The highest BCUT2D eigenvalue weighted by molar-refractivity contribution is 7.89. The Kier molecular flexibility index (Phi) is 7.53. The number of benzene rings is 2. The van der Waals surface area contributed by atoms with E-state index in [2.05, 4.69) is 12.2 Å². The predicted octanol–water partition coefficient (Wildman–Crippen LogP) is 2.53. The minimum absolute atomic E-state index is 0.0692. The molecule has 29 heavy (non-hydrogen) atoms. The number of rotatable bonds is 8. The maximum absolute atomic E-state index is 12.1. The summed E-state index contributed by atoms with van der Waals surface area (Å²) in [7, 11) is -0.721. The fourth-order valence-corrected chi connectivity index (χ4v) is 3.50. The number of aryl methyl sites for hydroxylation is 1. The van der Waals surface area contributed by atoms with Crippen molar-refractivity contribution >= 4 is 21.9 Å². The molecule has 8 heteroatoms. The van der Waals surface area contributed by atoms with E-state index in [4.69, 9.17) is 4.74 Å². The molecule has 0 heterocycles. The Hall–Kier alpha value is -2.71. The monoisotopic (exact) mass is 418 g/mol. The first-order chi connectivity index (χ1) is 13.6. The Bertz CT molecular complexity index is 952. The van der Waals surface area contributed by atoms with Crippen molar-refractivity contribution < 1.29 is 22.7 Å². The molecule has 7 nitrogen and oxygen atoms in total. The quantitative estimate of drug-likeness (QED) is 0.665. The van der Waals surface area contributed by atoms with Crippen LogP contribution in [0.4, 0.5) is 0 Å². The standard InChI is InChI=1S/C21H26N2O5S/c1-5-16-6-8-17(9-7-16)15(2)22-20(24)14-28-21(25)18-10-12-19(13-11-18)29(26,27)23(3)4/h6-13,15H,5,14H2,1-4H3,(H,22,24). The molecule has 0 aromatic heterocycles. The van der Waals surface area contributed by atoms with Gasteiger partial charge in [-0.1, -0.05) is 31.2 Å². The van der Waals surface area contributed by atoms with E-state index in [1.807, 2.05) is 31.2 Å². The van der Waals surface area contributed by atoms with Crippen LogP contribution in [0.2, 0.25) is 0 Å². The summed E-state index contributed by atoms with van der Waals surface area (Å²) in [4.78, 5) is 24.3. The average Bonchev–Trinajstić information content (AvgIpc) is 2.72. The number of carbonyl (C=O) groups is 2. The molecular weight excluding hydrogens is 392 g/mol. The highest BCUT2D eigenvalue weighted by Gasteiger charge is 2.18. The van der Waals surface area contributed by atoms with E-state index in [1.54, 1.807) is 0 Å². The second kappa shape index (κ2) is 9.67. The maximum atomic E-state index is 12.1. The van der Waals surface area contributed by atoms with Gasteiger partial charge in [-0.05, 0) is 48.7 Å². The molecule has 0 saturated carbocycles. The van der Waals surface area contributed by atoms with Gasteiger partial charge in [-0.2, -0.15) is 0 Å². The molecule has 0 aliphatic carbocycles. The molecule has 2 aromatic rings. The van der Waals surface area contributed by atoms with E-state index in [9.17, 15) is 18.0 Å². The lowest BCUT2D eigenvalue weighted by molar-refractivity contribution is -0.124. The van der Waals surface area contributed by atoms with Crippen LogP contribution < -0.4 is 5.32 Å². The van der Waals surface area contributed by atoms with Crippen molar-refractivity contribution in [3.8, 4) is 0 Å². The third-order valence-electron chi connectivity index (χ3n) is 4.47. The predicted molar refractivity (Wildman–Crippen MR) is 110 cm³/mol. The number of esters is 1. The zero-order chi connectivity index (χ0) is 21.6. The Balaban J connectivity index is 1.90. The number of hydrogen-bond donors (Lipinski definition) is 1. The number of nitrogens with zero attached hydrogens (tertiary/aromatic N) is 1. The van der Waals surface area contributed by atoms with Crippen LogP contribution in [0.15, 0.2) is 53.4 Å². The molecule has 1 atom stereocenters. The first-order valence-corrected chi connectivity index (χ1v) is 10.7. The van der Waals surface area contributed by atoms with Crippen LogP contribution in [0, 0.1) is 0 Å². The second-order valence-corrected chi connectivity index (χ2v) is 8.92. The van der Waals surface area contributed by atoms with Gasteiger partial charge < -0.3 is 10.1 Å². The highest BCUT2D eigenvalue weighted by Crippen LogP contribution is 2.15. The molecule has 1 amide bonds. The number of nitrogens with one attached hydrogen (secondary N) is 1. The first kappa shape index (κ1) is 22.6. The fraction of sp³-hybridized carbons (Fsp3) is 0.333. The van der Waals surface area contributed by atoms with Gasteiger partial charge in [-0.25, -0.2) is 17.5 Å². The average molecular weight is 419 g/mol. The number of ether oxygens (including phenoxy) is 1. The molecule has 2 aromatic carbocycles. The molecule has 156 valence electrons. The molecule has 0 aliphatic heterocycles. The van der Waals surface area contributed by atoms with Gasteiger partial charge in [0.1, 0.15) is 0 Å². The topological polar surface area (TPSA) is 92.8 Å². The molecule has 0 radical (unpaired) electrons. The summed E-state index contributed by atoms with van der Waals surface area (Å²) in [6.07, 6.45) is 0.943. The van der Waals surface area contributed by atoms with E-state index in [-0.39, 0.29) is 16.5 Å². The van der Waals surface area contributed by atoms with E-state index in [0.29, 0.717) is 0 Å². The van der Waals surface area contributed by atoms with Crippen LogP contribution in [0.5, 0.6) is 0 Å². The van der Waals surface area contributed by atoms with Gasteiger partial charge in [-0.15, -0.1) is 0 Å². The highest BCUT2D eigenvalue weighted by atomic mass is 32.2. The largest absolute Gasteiger partial charge is 0.452 e. The Morgan fingerprint density at radius 1 is 1.03 bits per heavy atom. The summed E-state index contributed by atoms with van der Waals surface area (Å²) < 4.78 is 30.2. The van der Waals surface area contributed by atoms with Gasteiger partial charge in [-0.3, -0.25) is 4.79 Å². The number of amides is 1. The van der Waals surface area contributed by atoms with Crippen molar-refractivity contribution in [3.63, 3.8) is 0 Å². The molecule has 2 rings (SSSR count). The van der Waals surface area contributed by atoms with E-state index >= 15 is 0 Å². The summed E-state index contributed by atoms with van der Waals surface area (Å²) in [6, 6.07) is 13.1. The summed E-state index contributed by atoms with van der Waals surface area (Å²) >= 11 is 0. The van der Waals surface area contributed by atoms with Crippen LogP contribution in [-0.4, -0.2) is 45.3 Å². The summed E-state index contributed by atoms with van der Waals surface area (Å²) in [6.45, 7) is 3.50. The molecule has 0 aliphatic rings. The summed E-state index contributed by atoms with van der Waals surface area (Å²) in [5, 5.41) is 2.78. The molecule has 0 bridgehead atoms. The van der Waals surface area contributed by atoms with Crippen molar-refractivity contribution in [2.75, 3.05) is 20.7 Å². The van der Waals surface area contributed by atoms with Crippen LogP contribution in [0.1, 0.15) is 41.4 Å². The molecule has 1 unspecified atom stereocenters. The van der Waals surface area contributed by atoms with E-state index in [1.165, 1.54) is 43.9 Å². The van der Waals surface area contributed by atoms with Crippen LogP contribution in [0.25, 0.3) is 0 Å². The third kappa shape index (κ3) is 5.88. The van der Waals surface area contributed by atoms with Crippen molar-refractivity contribution in [2.45, 2.75) is 31.2 Å². The molecule has 1 N–H and O–H groups in total. The Morgan fingerprint density at radius 2 is 1.62 bits per heavy atom. The van der Waals surface area contributed by atoms with Crippen LogP contribution in [-0.2, 0) is 26.0 Å². The summed E-state index contributed by atoms with van der Waals surface area (Å²) in [5.41, 5.74) is 2.34. The fourth-order valence-electron chi connectivity index (χ4n) is 2.60. The van der Waals surface area contributed by atoms with E-state index < -0.39 is 28.5 Å². The van der Waals surface area contributed by atoms with Gasteiger partial charge in [0.15, 0.2) is 6.61 Å². The lowest BCUT2D eigenvalue weighted by Crippen LogP contribution is -2.31. The molecular formula is C21H26N2O5S. The number of carbonyl (C=O) groups excluding carboxylic acids is 2. The Labute approximate surface area is 171 Å². The van der Waals surface area contributed by atoms with E-state index in [0.717, 1.165) is 16.3 Å². The van der Waals surface area contributed by atoms with Crippen molar-refractivity contribution in [1.82, 2.24) is 9.62 Å². The molecule has 0 saturated heterocycles. The minimum Gasteiger partial charge on any atom is -0.452 e. The first-order valence-electron chi connectivity index (χ1n) is 9.23. The zero-order valence-corrected chi connectivity index (χ0v) is 17.8. The van der Waals surface area contributed by atoms with Gasteiger partial charge in [0, 0.05) is 14.1 Å². The smallest absolute Gasteiger partial charge is 0.338 e. The lowest BCUT2D eigenvalue weighted by atomic mass is 10.1. The van der Waals surface area contributed by atoms with Crippen LogP contribution in [0.3, 0.4) is 0 Å². The van der Waals surface area contributed by atoms with Gasteiger partial charge >= 0.3 is 5.97 Å². The second-order valence-electron chi connectivity index (χ2n) is 6.77. The molecule has 0 fully saturated rings. The Morgan fingerprint density at radius 3 is 2.14 bits per heavy atom. The SMILES string of the molecule is CCc1ccc(C(C)NC(=O)COC(=O)c2ccc(S(=O)(=O)N(C)C)cc2)cc1. The van der Waals surface area contributed by atoms with Crippen molar-refractivity contribution in [1.29, 1.82) is 0 Å². The zero-order valence-electron chi connectivity index (χ0n) is 17.0.